The van der Waals surface area contributed by atoms with Crippen LogP contribution in [-0.2, 0) is 10.9 Å². The van der Waals surface area contributed by atoms with Crippen LogP contribution >= 0.6 is 0 Å². The van der Waals surface area contributed by atoms with Gasteiger partial charge in [-0.25, -0.2) is 4.79 Å². The van der Waals surface area contributed by atoms with Crippen LogP contribution in [0.5, 0.6) is 0 Å². The smallest absolute Gasteiger partial charge is 0.381 e. The summed E-state index contributed by atoms with van der Waals surface area (Å²) in [4.78, 5) is 13.9. The lowest BCUT2D eigenvalue weighted by molar-refractivity contribution is -0.136. The summed E-state index contributed by atoms with van der Waals surface area (Å²) in [5, 5.41) is 2.40. The van der Waals surface area contributed by atoms with Crippen molar-refractivity contribution in [3.8, 4) is 0 Å². The molecule has 1 aliphatic heterocycles. The second-order valence-electron chi connectivity index (χ2n) is 5.65. The lowest BCUT2D eigenvalue weighted by Crippen LogP contribution is -2.39. The van der Waals surface area contributed by atoms with Crippen molar-refractivity contribution >= 4 is 11.7 Å². The molecule has 1 saturated heterocycles. The van der Waals surface area contributed by atoms with Crippen LogP contribution in [-0.4, -0.2) is 37.2 Å². The maximum Gasteiger partial charge on any atom is 0.418 e. The van der Waals surface area contributed by atoms with E-state index in [1.54, 1.807) is 4.90 Å². The van der Waals surface area contributed by atoms with Gasteiger partial charge in [-0.2, -0.15) is 13.2 Å². The van der Waals surface area contributed by atoms with E-state index in [1.165, 1.54) is 18.2 Å². The molecular formula is C16H21F3N2O2. The molecule has 1 aromatic rings. The van der Waals surface area contributed by atoms with E-state index in [1.807, 2.05) is 6.92 Å². The largest absolute Gasteiger partial charge is 0.418 e. The quantitative estimate of drug-likeness (QED) is 0.887. The Morgan fingerprint density at radius 2 is 2.13 bits per heavy atom. The third-order valence-corrected chi connectivity index (χ3v) is 3.76. The number of carbonyl (C=O) groups is 1. The second-order valence-corrected chi connectivity index (χ2v) is 5.65. The Morgan fingerprint density at radius 1 is 1.39 bits per heavy atom. The first-order valence-corrected chi connectivity index (χ1v) is 7.71. The molecular weight excluding hydrogens is 309 g/mol. The van der Waals surface area contributed by atoms with Gasteiger partial charge in [-0.1, -0.05) is 19.1 Å². The Balaban J connectivity index is 2.09. The topological polar surface area (TPSA) is 41.6 Å². The van der Waals surface area contributed by atoms with Crippen molar-refractivity contribution in [2.45, 2.75) is 25.9 Å². The maximum absolute atomic E-state index is 13.0. The summed E-state index contributed by atoms with van der Waals surface area (Å²) >= 11 is 0. The number of ether oxygens (including phenoxy) is 1. The van der Waals surface area contributed by atoms with E-state index < -0.39 is 17.8 Å². The number of para-hydroxylation sites is 1. The molecule has 1 aromatic carbocycles. The number of urea groups is 1. The number of hydrogen-bond acceptors (Lipinski definition) is 2. The lowest BCUT2D eigenvalue weighted by atomic mass is 10.1. The van der Waals surface area contributed by atoms with E-state index in [4.69, 9.17) is 4.74 Å². The summed E-state index contributed by atoms with van der Waals surface area (Å²) in [6, 6.07) is 4.50. The molecule has 23 heavy (non-hydrogen) atoms. The van der Waals surface area contributed by atoms with Crippen LogP contribution in [0.3, 0.4) is 0 Å². The third-order valence-electron chi connectivity index (χ3n) is 3.76. The molecule has 1 unspecified atom stereocenters. The second kappa shape index (κ2) is 7.68. The van der Waals surface area contributed by atoms with Gasteiger partial charge in [-0.05, 0) is 25.0 Å². The van der Waals surface area contributed by atoms with Gasteiger partial charge in [0, 0.05) is 25.6 Å². The van der Waals surface area contributed by atoms with Gasteiger partial charge in [-0.3, -0.25) is 0 Å². The highest BCUT2D eigenvalue weighted by molar-refractivity contribution is 5.90. The highest BCUT2D eigenvalue weighted by atomic mass is 19.4. The Kier molecular flexibility index (Phi) is 5.87. The summed E-state index contributed by atoms with van der Waals surface area (Å²) in [6.45, 7) is 4.18. The number of halogens is 3. The summed E-state index contributed by atoms with van der Waals surface area (Å²) in [5.41, 5.74) is -1.05. The van der Waals surface area contributed by atoms with E-state index in [2.05, 4.69) is 5.32 Å². The van der Waals surface area contributed by atoms with Gasteiger partial charge in [0.25, 0.3) is 0 Å². The summed E-state index contributed by atoms with van der Waals surface area (Å²) in [5.74, 6) is 0.241. The minimum absolute atomic E-state index is 0.214. The SMILES string of the molecule is CCCN(CC1CCOC1)C(=O)Nc1ccccc1C(F)(F)F. The molecule has 0 radical (unpaired) electrons. The van der Waals surface area contributed by atoms with Gasteiger partial charge < -0.3 is 15.0 Å². The molecule has 128 valence electrons. The highest BCUT2D eigenvalue weighted by Crippen LogP contribution is 2.34. The predicted octanol–water partition coefficient (Wildman–Crippen LogP) is 3.99. The number of carbonyl (C=O) groups excluding carboxylic acids is 1. The molecule has 0 aromatic heterocycles. The van der Waals surface area contributed by atoms with Crippen molar-refractivity contribution in [3.63, 3.8) is 0 Å². The van der Waals surface area contributed by atoms with E-state index in [9.17, 15) is 18.0 Å². The van der Waals surface area contributed by atoms with Gasteiger partial charge in [-0.15, -0.1) is 0 Å². The first-order chi connectivity index (χ1) is 10.9. The average molecular weight is 330 g/mol. The standard InChI is InChI=1S/C16H21F3N2O2/c1-2-8-21(10-12-7-9-23-11-12)15(22)20-14-6-4-3-5-13(14)16(17,18)19/h3-6,12H,2,7-11H2,1H3,(H,20,22). The van der Waals surface area contributed by atoms with Gasteiger partial charge >= 0.3 is 12.2 Å². The van der Waals surface area contributed by atoms with Crippen LogP contribution in [0, 0.1) is 5.92 Å². The minimum atomic E-state index is -4.50. The fourth-order valence-electron chi connectivity index (χ4n) is 2.62. The van der Waals surface area contributed by atoms with Crippen molar-refractivity contribution in [2.75, 3.05) is 31.6 Å². The molecule has 2 amide bonds. The van der Waals surface area contributed by atoms with Crippen LogP contribution < -0.4 is 5.32 Å². The number of amides is 2. The Hall–Kier alpha value is -1.76. The van der Waals surface area contributed by atoms with Crippen LogP contribution in [0.25, 0.3) is 0 Å². The summed E-state index contributed by atoms with van der Waals surface area (Å²) in [7, 11) is 0. The van der Waals surface area contributed by atoms with Gasteiger partial charge in [0.05, 0.1) is 17.9 Å². The molecule has 2 rings (SSSR count). The Bertz CT molecular complexity index is 528. The van der Waals surface area contributed by atoms with Gasteiger partial charge in [0.2, 0.25) is 0 Å². The molecule has 0 bridgehead atoms. The van der Waals surface area contributed by atoms with Crippen molar-refractivity contribution in [3.05, 3.63) is 29.8 Å². The third kappa shape index (κ3) is 4.86. The van der Waals surface area contributed by atoms with Gasteiger partial charge in [0.15, 0.2) is 0 Å². The number of nitrogens with zero attached hydrogens (tertiary/aromatic N) is 1. The molecule has 1 atom stereocenters. The number of hydrogen-bond donors (Lipinski definition) is 1. The van der Waals surface area contributed by atoms with E-state index in [-0.39, 0.29) is 11.6 Å². The molecule has 0 saturated carbocycles. The number of alkyl halides is 3. The van der Waals surface area contributed by atoms with Crippen LogP contribution in [0.1, 0.15) is 25.3 Å². The van der Waals surface area contributed by atoms with Crippen LogP contribution in [0.15, 0.2) is 24.3 Å². The lowest BCUT2D eigenvalue weighted by Gasteiger charge is -2.26. The number of anilines is 1. The molecule has 1 N–H and O–H groups in total. The maximum atomic E-state index is 13.0. The van der Waals surface area contributed by atoms with E-state index in [0.717, 1.165) is 18.9 Å². The van der Waals surface area contributed by atoms with Crippen molar-refractivity contribution in [1.29, 1.82) is 0 Å². The summed E-state index contributed by atoms with van der Waals surface area (Å²) < 4.78 is 44.3. The monoisotopic (exact) mass is 330 g/mol. The zero-order valence-corrected chi connectivity index (χ0v) is 13.0. The van der Waals surface area contributed by atoms with Crippen LogP contribution in [0.2, 0.25) is 0 Å². The number of nitrogens with one attached hydrogen (secondary N) is 1. The normalized spacial score (nSPS) is 18.0. The predicted molar refractivity (Wildman–Crippen MR) is 81.3 cm³/mol. The number of benzene rings is 1. The highest BCUT2D eigenvalue weighted by Gasteiger charge is 2.34. The molecule has 7 heteroatoms. The zero-order chi connectivity index (χ0) is 16.9. The minimum Gasteiger partial charge on any atom is -0.381 e. The fourth-order valence-corrected chi connectivity index (χ4v) is 2.62. The van der Waals surface area contributed by atoms with Crippen molar-refractivity contribution in [1.82, 2.24) is 4.90 Å². The fraction of sp³-hybridized carbons (Fsp3) is 0.562. The Morgan fingerprint density at radius 3 is 2.74 bits per heavy atom. The zero-order valence-electron chi connectivity index (χ0n) is 13.0. The number of rotatable bonds is 5. The molecule has 0 spiro atoms. The van der Waals surface area contributed by atoms with Crippen molar-refractivity contribution < 1.29 is 22.7 Å². The molecule has 4 nitrogen and oxygen atoms in total. The molecule has 0 aliphatic carbocycles. The first-order valence-electron chi connectivity index (χ1n) is 7.71. The average Bonchev–Trinajstić information content (AvgIpc) is 2.99. The first kappa shape index (κ1) is 17.6. The molecule has 1 heterocycles. The summed E-state index contributed by atoms with van der Waals surface area (Å²) in [6.07, 6.45) is -2.90. The van der Waals surface area contributed by atoms with E-state index in [0.29, 0.717) is 26.3 Å². The molecule has 1 aliphatic rings. The van der Waals surface area contributed by atoms with E-state index >= 15 is 0 Å². The Labute approximate surface area is 133 Å². The van der Waals surface area contributed by atoms with Gasteiger partial charge in [0.1, 0.15) is 0 Å². The van der Waals surface area contributed by atoms with Crippen LogP contribution in [0.4, 0.5) is 23.7 Å². The molecule has 1 fully saturated rings. The van der Waals surface area contributed by atoms with Crippen molar-refractivity contribution in [2.24, 2.45) is 5.92 Å².